The third kappa shape index (κ3) is 3.27. The lowest BCUT2D eigenvalue weighted by molar-refractivity contribution is -0.134. The lowest BCUT2D eigenvalue weighted by Gasteiger charge is -2.20. The molecule has 1 saturated heterocycles. The van der Waals surface area contributed by atoms with Crippen molar-refractivity contribution in [2.24, 2.45) is 17.0 Å². The number of sulfonamides is 1. The van der Waals surface area contributed by atoms with Crippen LogP contribution in [0.1, 0.15) is 17.5 Å². The van der Waals surface area contributed by atoms with Gasteiger partial charge in [0.15, 0.2) is 0 Å². The Morgan fingerprint density at radius 1 is 1.24 bits per heavy atom. The van der Waals surface area contributed by atoms with Crippen LogP contribution in [-0.2, 0) is 27.7 Å². The van der Waals surface area contributed by atoms with Gasteiger partial charge in [-0.3, -0.25) is 4.79 Å². The number of hydrogen-bond donors (Lipinski definition) is 1. The molecule has 1 aromatic rings. The normalized spacial score (nSPS) is 22.5. The first kappa shape index (κ1) is 14.5. The van der Waals surface area contributed by atoms with Gasteiger partial charge in [0.2, 0.25) is 15.9 Å². The molecule has 0 unspecified atom stereocenters. The number of primary sulfonamides is 1. The van der Waals surface area contributed by atoms with E-state index in [4.69, 9.17) is 5.14 Å². The van der Waals surface area contributed by atoms with Gasteiger partial charge in [-0.1, -0.05) is 24.3 Å². The molecule has 3 rings (SSSR count). The molecule has 1 aromatic carbocycles. The second-order valence-corrected chi connectivity index (χ2v) is 7.80. The number of nitrogens with zero attached hydrogens (tertiary/aromatic N) is 1. The minimum atomic E-state index is -3.46. The van der Waals surface area contributed by atoms with Crippen molar-refractivity contribution < 1.29 is 13.2 Å². The van der Waals surface area contributed by atoms with Gasteiger partial charge in [-0.25, -0.2) is 13.6 Å². The maximum Gasteiger partial charge on any atom is 0.226 e. The molecule has 0 saturated carbocycles. The average molecular weight is 308 g/mol. The minimum Gasteiger partial charge on any atom is -0.342 e. The van der Waals surface area contributed by atoms with Gasteiger partial charge in [0.1, 0.15) is 0 Å². The molecular weight excluding hydrogens is 288 g/mol. The quantitative estimate of drug-likeness (QED) is 0.885. The standard InChI is InChI=1S/C15H20N2O3S/c16-21(19,20)10-11-5-6-17(9-11)15(18)14-7-12-3-1-2-4-13(12)8-14/h1-4,11,14H,5-10H2,(H2,16,19,20)/t11-/m0/s1. The van der Waals surface area contributed by atoms with Crippen molar-refractivity contribution in [2.75, 3.05) is 18.8 Å². The molecule has 2 N–H and O–H groups in total. The largest absolute Gasteiger partial charge is 0.342 e. The first-order valence-electron chi connectivity index (χ1n) is 7.28. The Morgan fingerprint density at radius 2 is 1.86 bits per heavy atom. The number of benzene rings is 1. The molecule has 2 aliphatic rings. The molecule has 5 nitrogen and oxygen atoms in total. The Balaban J connectivity index is 1.61. The van der Waals surface area contributed by atoms with Crippen LogP contribution >= 0.6 is 0 Å². The topological polar surface area (TPSA) is 80.5 Å². The summed E-state index contributed by atoms with van der Waals surface area (Å²) in [7, 11) is -3.46. The first-order valence-corrected chi connectivity index (χ1v) is 9.00. The second kappa shape index (κ2) is 5.42. The van der Waals surface area contributed by atoms with Crippen molar-refractivity contribution in [1.29, 1.82) is 0 Å². The molecule has 0 bridgehead atoms. The van der Waals surface area contributed by atoms with Crippen molar-refractivity contribution >= 4 is 15.9 Å². The molecule has 6 heteroatoms. The molecule has 1 heterocycles. The number of carbonyl (C=O) groups is 1. The van der Waals surface area contributed by atoms with Crippen molar-refractivity contribution in [3.63, 3.8) is 0 Å². The van der Waals surface area contributed by atoms with E-state index in [1.807, 2.05) is 17.0 Å². The predicted molar refractivity (Wildman–Crippen MR) is 80.0 cm³/mol. The fourth-order valence-electron chi connectivity index (χ4n) is 3.49. The van der Waals surface area contributed by atoms with E-state index in [2.05, 4.69) is 12.1 Å². The van der Waals surface area contributed by atoms with Crippen LogP contribution in [0.15, 0.2) is 24.3 Å². The number of nitrogens with two attached hydrogens (primary N) is 1. The molecule has 1 aliphatic heterocycles. The van der Waals surface area contributed by atoms with Crippen molar-refractivity contribution in [3.8, 4) is 0 Å². The SMILES string of the molecule is NS(=O)(=O)C[C@H]1CCN(C(=O)C2Cc3ccccc3C2)C1. The molecule has 0 aromatic heterocycles. The van der Waals surface area contributed by atoms with Crippen LogP contribution in [-0.4, -0.2) is 38.1 Å². The summed E-state index contributed by atoms with van der Waals surface area (Å²) in [4.78, 5) is 14.4. The number of hydrogen-bond acceptors (Lipinski definition) is 3. The summed E-state index contributed by atoms with van der Waals surface area (Å²) in [6, 6.07) is 8.17. The molecule has 1 fully saturated rings. The van der Waals surface area contributed by atoms with E-state index in [1.165, 1.54) is 11.1 Å². The van der Waals surface area contributed by atoms with Gasteiger partial charge in [-0.2, -0.15) is 0 Å². The molecule has 0 radical (unpaired) electrons. The minimum absolute atomic E-state index is 0.00985. The zero-order valence-electron chi connectivity index (χ0n) is 11.9. The monoisotopic (exact) mass is 308 g/mol. The van der Waals surface area contributed by atoms with Gasteiger partial charge in [0, 0.05) is 19.0 Å². The lowest BCUT2D eigenvalue weighted by atomic mass is 10.1. The highest BCUT2D eigenvalue weighted by Gasteiger charge is 2.34. The van der Waals surface area contributed by atoms with Gasteiger partial charge in [-0.15, -0.1) is 0 Å². The maximum atomic E-state index is 12.6. The van der Waals surface area contributed by atoms with E-state index in [0.29, 0.717) is 13.1 Å². The average Bonchev–Trinajstić information content (AvgIpc) is 3.01. The Morgan fingerprint density at radius 3 is 2.43 bits per heavy atom. The van der Waals surface area contributed by atoms with Crippen LogP contribution in [0.4, 0.5) is 0 Å². The van der Waals surface area contributed by atoms with Crippen LogP contribution in [0.5, 0.6) is 0 Å². The summed E-state index contributed by atoms with van der Waals surface area (Å²) in [5.41, 5.74) is 2.52. The van der Waals surface area contributed by atoms with Gasteiger partial charge in [0.25, 0.3) is 0 Å². The molecular formula is C15H20N2O3S. The van der Waals surface area contributed by atoms with Crippen LogP contribution in [0.25, 0.3) is 0 Å². The third-order valence-corrected chi connectivity index (χ3v) is 5.40. The Labute approximate surface area is 125 Å². The first-order chi connectivity index (χ1) is 9.92. The number of amides is 1. The van der Waals surface area contributed by atoms with E-state index in [1.54, 1.807) is 0 Å². The summed E-state index contributed by atoms with van der Waals surface area (Å²) < 4.78 is 22.3. The summed E-state index contributed by atoms with van der Waals surface area (Å²) in [5.74, 6) is 0.119. The van der Waals surface area contributed by atoms with E-state index in [-0.39, 0.29) is 23.5 Å². The zero-order chi connectivity index (χ0) is 15.0. The van der Waals surface area contributed by atoms with Gasteiger partial charge < -0.3 is 4.90 Å². The second-order valence-electron chi connectivity index (χ2n) is 6.14. The summed E-state index contributed by atoms with van der Waals surface area (Å²) in [6.07, 6.45) is 2.32. The number of rotatable bonds is 3. The molecule has 21 heavy (non-hydrogen) atoms. The van der Waals surface area contributed by atoms with E-state index < -0.39 is 10.0 Å². The smallest absolute Gasteiger partial charge is 0.226 e. The van der Waals surface area contributed by atoms with Crippen LogP contribution in [0, 0.1) is 11.8 Å². The van der Waals surface area contributed by atoms with Crippen molar-refractivity contribution in [2.45, 2.75) is 19.3 Å². The van der Waals surface area contributed by atoms with Gasteiger partial charge in [-0.05, 0) is 36.3 Å². The molecule has 114 valence electrons. The highest BCUT2D eigenvalue weighted by atomic mass is 32.2. The summed E-state index contributed by atoms with van der Waals surface area (Å²) in [6.45, 7) is 1.16. The van der Waals surface area contributed by atoms with Gasteiger partial charge >= 0.3 is 0 Å². The fraction of sp³-hybridized carbons (Fsp3) is 0.533. The highest BCUT2D eigenvalue weighted by Crippen LogP contribution is 2.29. The molecule has 1 atom stereocenters. The Hall–Kier alpha value is -1.40. The Bertz CT molecular complexity index is 632. The number of fused-ring (bicyclic) bond motifs is 1. The molecule has 1 aliphatic carbocycles. The lowest BCUT2D eigenvalue weighted by Crippen LogP contribution is -2.35. The predicted octanol–water partition coefficient (Wildman–Crippen LogP) is 0.538. The van der Waals surface area contributed by atoms with E-state index in [0.717, 1.165) is 19.3 Å². The molecule has 1 amide bonds. The third-order valence-electron chi connectivity index (χ3n) is 4.47. The van der Waals surface area contributed by atoms with Gasteiger partial charge in [0.05, 0.1) is 5.75 Å². The highest BCUT2D eigenvalue weighted by molar-refractivity contribution is 7.89. The van der Waals surface area contributed by atoms with E-state index in [9.17, 15) is 13.2 Å². The zero-order valence-corrected chi connectivity index (χ0v) is 12.7. The molecule has 0 spiro atoms. The maximum absolute atomic E-state index is 12.6. The fourth-order valence-corrected chi connectivity index (χ4v) is 4.42. The summed E-state index contributed by atoms with van der Waals surface area (Å²) >= 11 is 0. The Kier molecular flexibility index (Phi) is 3.75. The van der Waals surface area contributed by atoms with Crippen molar-refractivity contribution in [3.05, 3.63) is 35.4 Å². The van der Waals surface area contributed by atoms with E-state index >= 15 is 0 Å². The number of carbonyl (C=O) groups excluding carboxylic acids is 1. The van der Waals surface area contributed by atoms with Crippen LogP contribution < -0.4 is 5.14 Å². The van der Waals surface area contributed by atoms with Crippen LogP contribution in [0.3, 0.4) is 0 Å². The summed E-state index contributed by atoms with van der Waals surface area (Å²) in [5, 5.41) is 5.09. The number of likely N-dealkylation sites (tertiary alicyclic amines) is 1. The van der Waals surface area contributed by atoms with Crippen molar-refractivity contribution in [1.82, 2.24) is 4.90 Å². The van der Waals surface area contributed by atoms with Crippen LogP contribution in [0.2, 0.25) is 0 Å².